The summed E-state index contributed by atoms with van der Waals surface area (Å²) in [5, 5.41) is 11.9. The smallest absolute Gasteiger partial charge is 0.304 e. The van der Waals surface area contributed by atoms with Crippen LogP contribution in [0.3, 0.4) is 0 Å². The molecule has 0 bridgehead atoms. The number of nitrogens with two attached hydrogens (primary N) is 1. The highest BCUT2D eigenvalue weighted by molar-refractivity contribution is 6.18. The minimum atomic E-state index is -0.900. The van der Waals surface area contributed by atoms with Crippen molar-refractivity contribution in [3.8, 4) is 5.75 Å². The van der Waals surface area contributed by atoms with E-state index in [1.54, 1.807) is 7.11 Å². The first-order chi connectivity index (χ1) is 9.06. The molecular weight excluding hydrogens is 268 g/mol. The number of carboxylic acid groups (broad SMARTS) is 1. The summed E-state index contributed by atoms with van der Waals surface area (Å²) < 4.78 is 5.25. The van der Waals surface area contributed by atoms with E-state index in [1.165, 1.54) is 0 Å². The zero-order valence-electron chi connectivity index (χ0n) is 10.9. The fraction of sp³-hybridized carbons (Fsp3) is 0.462. The lowest BCUT2D eigenvalue weighted by atomic mass is 10.0. The number of carbonyl (C=O) groups is 1. The average Bonchev–Trinajstić information content (AvgIpc) is 2.35. The second kappa shape index (κ2) is 7.86. The lowest BCUT2D eigenvalue weighted by molar-refractivity contribution is -0.137. The van der Waals surface area contributed by atoms with E-state index in [0.717, 1.165) is 11.3 Å². The predicted molar refractivity (Wildman–Crippen MR) is 76.1 cm³/mol. The van der Waals surface area contributed by atoms with Gasteiger partial charge in [-0.15, -0.1) is 11.6 Å². The molecule has 0 radical (unpaired) electrons. The molecule has 1 aromatic carbocycles. The number of alkyl halides is 1. The molecule has 1 rings (SSSR count). The van der Waals surface area contributed by atoms with Gasteiger partial charge < -0.3 is 20.9 Å². The van der Waals surface area contributed by atoms with Gasteiger partial charge in [-0.2, -0.15) is 0 Å². The third kappa shape index (κ3) is 5.36. The van der Waals surface area contributed by atoms with Gasteiger partial charge in [-0.1, -0.05) is 0 Å². The molecule has 0 saturated heterocycles. The minimum Gasteiger partial charge on any atom is -0.496 e. The lowest BCUT2D eigenvalue weighted by Gasteiger charge is -2.14. The van der Waals surface area contributed by atoms with Gasteiger partial charge in [0.1, 0.15) is 5.75 Å². The van der Waals surface area contributed by atoms with Crippen LogP contribution in [0.5, 0.6) is 5.75 Å². The summed E-state index contributed by atoms with van der Waals surface area (Å²) in [5.41, 5.74) is 7.60. The van der Waals surface area contributed by atoms with Crippen LogP contribution in [0.1, 0.15) is 12.0 Å². The molecule has 4 N–H and O–H groups in total. The van der Waals surface area contributed by atoms with Crippen molar-refractivity contribution in [1.29, 1.82) is 0 Å². The maximum absolute atomic E-state index is 10.6. The highest BCUT2D eigenvalue weighted by atomic mass is 35.5. The fourth-order valence-corrected chi connectivity index (χ4v) is 1.91. The Bertz CT molecular complexity index is 426. The summed E-state index contributed by atoms with van der Waals surface area (Å²) >= 11 is 5.62. The molecule has 0 saturated carbocycles. The number of methoxy groups -OCH3 is 1. The quantitative estimate of drug-likeness (QED) is 0.633. The number of halogens is 1. The zero-order valence-corrected chi connectivity index (χ0v) is 11.6. The van der Waals surface area contributed by atoms with E-state index < -0.39 is 12.0 Å². The van der Waals surface area contributed by atoms with Crippen LogP contribution in [-0.4, -0.2) is 36.7 Å². The molecule has 1 atom stereocenters. The van der Waals surface area contributed by atoms with Crippen molar-refractivity contribution in [2.24, 2.45) is 5.73 Å². The number of carboxylic acids is 1. The Morgan fingerprint density at radius 3 is 2.89 bits per heavy atom. The van der Waals surface area contributed by atoms with Crippen LogP contribution < -0.4 is 15.8 Å². The molecule has 0 aliphatic rings. The summed E-state index contributed by atoms with van der Waals surface area (Å²) in [4.78, 5) is 10.6. The molecule has 1 aromatic rings. The molecular formula is C13H19ClN2O3. The van der Waals surface area contributed by atoms with Crippen LogP contribution in [0.4, 0.5) is 5.69 Å². The second-order valence-electron chi connectivity index (χ2n) is 4.20. The topological polar surface area (TPSA) is 84.6 Å². The van der Waals surface area contributed by atoms with E-state index in [-0.39, 0.29) is 6.42 Å². The molecule has 0 unspecified atom stereocenters. The number of nitrogens with one attached hydrogen (secondary N) is 1. The third-order valence-electron chi connectivity index (χ3n) is 2.62. The van der Waals surface area contributed by atoms with Crippen molar-refractivity contribution < 1.29 is 14.6 Å². The molecule has 0 heterocycles. The SMILES string of the molecule is COc1ccc(NCCCl)cc1C[C@H](N)CC(=O)O. The number of benzene rings is 1. The van der Waals surface area contributed by atoms with E-state index in [4.69, 9.17) is 27.2 Å². The molecule has 0 amide bonds. The molecule has 0 fully saturated rings. The molecule has 106 valence electrons. The fourth-order valence-electron chi connectivity index (χ4n) is 1.82. The number of anilines is 1. The van der Waals surface area contributed by atoms with Crippen molar-refractivity contribution >= 4 is 23.3 Å². The largest absolute Gasteiger partial charge is 0.496 e. The van der Waals surface area contributed by atoms with E-state index in [0.29, 0.717) is 24.6 Å². The van der Waals surface area contributed by atoms with Gasteiger partial charge in [0.05, 0.1) is 13.5 Å². The number of aliphatic carboxylic acids is 1. The normalized spacial score (nSPS) is 11.9. The van der Waals surface area contributed by atoms with E-state index in [1.807, 2.05) is 18.2 Å². The molecule has 19 heavy (non-hydrogen) atoms. The Labute approximate surface area is 117 Å². The van der Waals surface area contributed by atoms with Gasteiger partial charge in [0.15, 0.2) is 0 Å². The maximum atomic E-state index is 10.6. The lowest BCUT2D eigenvalue weighted by Crippen LogP contribution is -2.26. The van der Waals surface area contributed by atoms with Crippen LogP contribution in [0.2, 0.25) is 0 Å². The van der Waals surface area contributed by atoms with Gasteiger partial charge >= 0.3 is 5.97 Å². The number of hydrogen-bond acceptors (Lipinski definition) is 4. The van der Waals surface area contributed by atoms with Crippen LogP contribution in [0, 0.1) is 0 Å². The van der Waals surface area contributed by atoms with Crippen LogP contribution in [0.15, 0.2) is 18.2 Å². The Hall–Kier alpha value is -1.46. The minimum absolute atomic E-state index is 0.0670. The van der Waals surface area contributed by atoms with Crippen molar-refractivity contribution in [2.75, 3.05) is 24.9 Å². The van der Waals surface area contributed by atoms with Gasteiger partial charge in [-0.25, -0.2) is 0 Å². The van der Waals surface area contributed by atoms with E-state index >= 15 is 0 Å². The average molecular weight is 287 g/mol. The second-order valence-corrected chi connectivity index (χ2v) is 4.58. The van der Waals surface area contributed by atoms with Gasteiger partial charge in [0.25, 0.3) is 0 Å². The summed E-state index contributed by atoms with van der Waals surface area (Å²) in [6.07, 6.45) is 0.383. The third-order valence-corrected chi connectivity index (χ3v) is 2.81. The zero-order chi connectivity index (χ0) is 14.3. The Kier molecular flexibility index (Phi) is 6.45. The van der Waals surface area contributed by atoms with Crippen LogP contribution in [-0.2, 0) is 11.2 Å². The standard InChI is InChI=1S/C13H19ClN2O3/c1-19-12-3-2-11(16-5-4-14)7-9(12)6-10(15)8-13(17)18/h2-3,7,10,16H,4-6,8,15H2,1H3,(H,17,18)/t10-/m0/s1. The van der Waals surface area contributed by atoms with Gasteiger partial charge in [0, 0.05) is 24.2 Å². The van der Waals surface area contributed by atoms with Gasteiger partial charge in [0.2, 0.25) is 0 Å². The molecule has 6 heteroatoms. The number of rotatable bonds is 8. The molecule has 0 aliphatic heterocycles. The number of hydrogen-bond donors (Lipinski definition) is 3. The molecule has 0 spiro atoms. The molecule has 0 aliphatic carbocycles. The Morgan fingerprint density at radius 1 is 1.58 bits per heavy atom. The first-order valence-corrected chi connectivity index (χ1v) is 6.54. The highest BCUT2D eigenvalue weighted by Crippen LogP contribution is 2.24. The Morgan fingerprint density at radius 2 is 2.32 bits per heavy atom. The van der Waals surface area contributed by atoms with Crippen molar-refractivity contribution in [3.63, 3.8) is 0 Å². The first-order valence-electron chi connectivity index (χ1n) is 6.01. The molecule has 5 nitrogen and oxygen atoms in total. The summed E-state index contributed by atoms with van der Waals surface area (Å²) in [5.74, 6) is 0.319. The van der Waals surface area contributed by atoms with Crippen LogP contribution >= 0.6 is 11.6 Å². The van der Waals surface area contributed by atoms with Crippen LogP contribution in [0.25, 0.3) is 0 Å². The monoisotopic (exact) mass is 286 g/mol. The van der Waals surface area contributed by atoms with Gasteiger partial charge in [-0.3, -0.25) is 4.79 Å². The van der Waals surface area contributed by atoms with E-state index in [2.05, 4.69) is 5.32 Å². The number of ether oxygens (including phenoxy) is 1. The van der Waals surface area contributed by atoms with Crippen molar-refractivity contribution in [3.05, 3.63) is 23.8 Å². The molecule has 0 aromatic heterocycles. The Balaban J connectivity index is 2.80. The summed E-state index contributed by atoms with van der Waals surface area (Å²) in [7, 11) is 1.58. The first kappa shape index (κ1) is 15.6. The van der Waals surface area contributed by atoms with Crippen molar-refractivity contribution in [2.45, 2.75) is 18.9 Å². The highest BCUT2D eigenvalue weighted by Gasteiger charge is 2.12. The predicted octanol–water partition coefficient (Wildman–Crippen LogP) is 1.69. The van der Waals surface area contributed by atoms with Gasteiger partial charge in [-0.05, 0) is 30.2 Å². The van der Waals surface area contributed by atoms with E-state index in [9.17, 15) is 4.79 Å². The summed E-state index contributed by atoms with van der Waals surface area (Å²) in [6, 6.07) is 5.19. The maximum Gasteiger partial charge on any atom is 0.304 e. The summed E-state index contributed by atoms with van der Waals surface area (Å²) in [6.45, 7) is 0.661. The van der Waals surface area contributed by atoms with Crippen molar-refractivity contribution in [1.82, 2.24) is 0 Å².